The minimum atomic E-state index is 0.336. The lowest BCUT2D eigenvalue weighted by atomic mass is 10.2. The highest BCUT2D eigenvalue weighted by atomic mass is 79.9. The van der Waals surface area contributed by atoms with Gasteiger partial charge in [0.2, 0.25) is 0 Å². The SMILES string of the molecule is COc1ccccc1Cn1c(CCl)nc2cc(Br)cnc21. The number of para-hydroxylation sites is 1. The second-order valence-electron chi connectivity index (χ2n) is 4.56. The molecule has 0 bridgehead atoms. The summed E-state index contributed by atoms with van der Waals surface area (Å²) in [6, 6.07) is 9.85. The Hall–Kier alpha value is -1.59. The summed E-state index contributed by atoms with van der Waals surface area (Å²) >= 11 is 9.44. The molecule has 108 valence electrons. The molecule has 0 atom stereocenters. The average molecular weight is 367 g/mol. The smallest absolute Gasteiger partial charge is 0.160 e. The fourth-order valence-corrected chi connectivity index (χ4v) is 2.83. The van der Waals surface area contributed by atoms with Crippen molar-refractivity contribution < 1.29 is 4.74 Å². The number of alkyl halides is 1. The maximum absolute atomic E-state index is 6.03. The summed E-state index contributed by atoms with van der Waals surface area (Å²) < 4.78 is 8.33. The molecule has 0 saturated carbocycles. The van der Waals surface area contributed by atoms with E-state index in [1.54, 1.807) is 13.3 Å². The number of methoxy groups -OCH3 is 1. The lowest BCUT2D eigenvalue weighted by molar-refractivity contribution is 0.408. The first-order valence-corrected chi connectivity index (χ1v) is 7.74. The van der Waals surface area contributed by atoms with Crippen molar-refractivity contribution in [3.8, 4) is 5.75 Å². The van der Waals surface area contributed by atoms with Crippen molar-refractivity contribution in [2.24, 2.45) is 0 Å². The van der Waals surface area contributed by atoms with Gasteiger partial charge in [-0.25, -0.2) is 9.97 Å². The summed E-state index contributed by atoms with van der Waals surface area (Å²) in [6.07, 6.45) is 1.76. The Kier molecular flexibility index (Phi) is 4.12. The number of halogens is 2. The Labute approximate surface area is 135 Å². The largest absolute Gasteiger partial charge is 0.496 e. The zero-order valence-electron chi connectivity index (χ0n) is 11.4. The van der Waals surface area contributed by atoms with Crippen LogP contribution in [-0.2, 0) is 12.4 Å². The zero-order chi connectivity index (χ0) is 14.8. The van der Waals surface area contributed by atoms with Crippen molar-refractivity contribution in [2.45, 2.75) is 12.4 Å². The van der Waals surface area contributed by atoms with Crippen LogP contribution >= 0.6 is 27.5 Å². The molecule has 4 nitrogen and oxygen atoms in total. The Balaban J connectivity index is 2.11. The molecule has 0 amide bonds. The fraction of sp³-hybridized carbons (Fsp3) is 0.200. The van der Waals surface area contributed by atoms with E-state index in [4.69, 9.17) is 16.3 Å². The Morgan fingerprint density at radius 2 is 2.14 bits per heavy atom. The molecule has 3 rings (SSSR count). The first-order chi connectivity index (χ1) is 10.2. The van der Waals surface area contributed by atoms with E-state index >= 15 is 0 Å². The molecule has 0 aliphatic heterocycles. The van der Waals surface area contributed by atoms with E-state index in [-0.39, 0.29) is 0 Å². The number of aromatic nitrogens is 3. The number of nitrogens with zero attached hydrogens (tertiary/aromatic N) is 3. The molecule has 0 fully saturated rings. The fourth-order valence-electron chi connectivity index (χ4n) is 2.31. The number of imidazole rings is 1. The Morgan fingerprint density at radius 1 is 1.33 bits per heavy atom. The zero-order valence-corrected chi connectivity index (χ0v) is 13.7. The Bertz CT molecular complexity index is 788. The molecular weight excluding hydrogens is 354 g/mol. The number of hydrogen-bond acceptors (Lipinski definition) is 3. The van der Waals surface area contributed by atoms with Crippen molar-refractivity contribution in [1.82, 2.24) is 14.5 Å². The predicted molar refractivity (Wildman–Crippen MR) is 86.9 cm³/mol. The molecular formula is C15H13BrClN3O. The third-order valence-electron chi connectivity index (χ3n) is 3.27. The van der Waals surface area contributed by atoms with Gasteiger partial charge in [0.25, 0.3) is 0 Å². The van der Waals surface area contributed by atoms with Crippen LogP contribution < -0.4 is 4.74 Å². The number of fused-ring (bicyclic) bond motifs is 1. The third-order valence-corrected chi connectivity index (χ3v) is 3.94. The van der Waals surface area contributed by atoms with Crippen LogP contribution in [0, 0.1) is 0 Å². The molecule has 3 aromatic rings. The van der Waals surface area contributed by atoms with Crippen molar-refractivity contribution in [1.29, 1.82) is 0 Å². The summed E-state index contributed by atoms with van der Waals surface area (Å²) in [7, 11) is 1.67. The first kappa shape index (κ1) is 14.4. The van der Waals surface area contributed by atoms with Gasteiger partial charge in [-0.2, -0.15) is 0 Å². The number of benzene rings is 1. The van der Waals surface area contributed by atoms with Crippen LogP contribution in [0.2, 0.25) is 0 Å². The summed E-state index contributed by atoms with van der Waals surface area (Å²) in [4.78, 5) is 9.00. The number of ether oxygens (including phenoxy) is 1. The normalized spacial score (nSPS) is 11.0. The lowest BCUT2D eigenvalue weighted by Crippen LogP contribution is -2.06. The van der Waals surface area contributed by atoms with Gasteiger partial charge < -0.3 is 9.30 Å². The highest BCUT2D eigenvalue weighted by Gasteiger charge is 2.13. The van der Waals surface area contributed by atoms with E-state index in [2.05, 4.69) is 25.9 Å². The van der Waals surface area contributed by atoms with Crippen molar-refractivity contribution >= 4 is 38.7 Å². The molecule has 0 saturated heterocycles. The van der Waals surface area contributed by atoms with Gasteiger partial charge in [0.05, 0.1) is 19.5 Å². The molecule has 0 aliphatic rings. The summed E-state index contributed by atoms with van der Waals surface area (Å²) in [5.41, 5.74) is 2.71. The van der Waals surface area contributed by atoms with Crippen LogP contribution in [0.25, 0.3) is 11.2 Å². The molecule has 0 N–H and O–H groups in total. The van der Waals surface area contributed by atoms with E-state index in [1.807, 2.05) is 34.9 Å². The van der Waals surface area contributed by atoms with Crippen LogP contribution in [-0.4, -0.2) is 21.6 Å². The third kappa shape index (κ3) is 2.76. The molecule has 0 spiro atoms. The first-order valence-electron chi connectivity index (χ1n) is 6.41. The van der Waals surface area contributed by atoms with Gasteiger partial charge in [-0.15, -0.1) is 11.6 Å². The van der Waals surface area contributed by atoms with E-state index in [9.17, 15) is 0 Å². The highest BCUT2D eigenvalue weighted by Crippen LogP contribution is 2.24. The van der Waals surface area contributed by atoms with E-state index in [0.29, 0.717) is 12.4 Å². The Morgan fingerprint density at radius 3 is 2.90 bits per heavy atom. The number of pyridine rings is 1. The van der Waals surface area contributed by atoms with Crippen molar-refractivity contribution in [2.75, 3.05) is 7.11 Å². The van der Waals surface area contributed by atoms with Gasteiger partial charge in [0, 0.05) is 16.2 Å². The maximum atomic E-state index is 6.03. The van der Waals surface area contributed by atoms with Gasteiger partial charge >= 0.3 is 0 Å². The van der Waals surface area contributed by atoms with Gasteiger partial charge in [-0.3, -0.25) is 0 Å². The van der Waals surface area contributed by atoms with Gasteiger partial charge in [0.15, 0.2) is 5.65 Å². The van der Waals surface area contributed by atoms with E-state index in [1.165, 1.54) is 0 Å². The van der Waals surface area contributed by atoms with Crippen LogP contribution in [0.15, 0.2) is 41.0 Å². The molecule has 2 aromatic heterocycles. The van der Waals surface area contributed by atoms with E-state index < -0.39 is 0 Å². The van der Waals surface area contributed by atoms with Crippen LogP contribution in [0.4, 0.5) is 0 Å². The number of rotatable bonds is 4. The summed E-state index contributed by atoms with van der Waals surface area (Å²) in [5.74, 6) is 1.98. The molecule has 6 heteroatoms. The molecule has 21 heavy (non-hydrogen) atoms. The molecule has 1 aromatic carbocycles. The van der Waals surface area contributed by atoms with E-state index in [0.717, 1.165) is 32.8 Å². The monoisotopic (exact) mass is 365 g/mol. The van der Waals surface area contributed by atoms with Crippen LogP contribution in [0.5, 0.6) is 5.75 Å². The molecule has 0 radical (unpaired) electrons. The highest BCUT2D eigenvalue weighted by molar-refractivity contribution is 9.10. The second-order valence-corrected chi connectivity index (χ2v) is 5.74. The molecule has 2 heterocycles. The summed E-state index contributed by atoms with van der Waals surface area (Å²) in [5, 5.41) is 0. The van der Waals surface area contributed by atoms with Crippen molar-refractivity contribution in [3.05, 3.63) is 52.4 Å². The number of hydrogen-bond donors (Lipinski definition) is 0. The second kappa shape index (κ2) is 6.03. The van der Waals surface area contributed by atoms with Crippen molar-refractivity contribution in [3.63, 3.8) is 0 Å². The quantitative estimate of drug-likeness (QED) is 0.656. The molecule has 0 unspecified atom stereocenters. The summed E-state index contributed by atoms with van der Waals surface area (Å²) in [6.45, 7) is 0.622. The van der Waals surface area contributed by atoms with Gasteiger partial charge in [-0.05, 0) is 28.1 Å². The maximum Gasteiger partial charge on any atom is 0.160 e. The minimum absolute atomic E-state index is 0.336. The standard InChI is InChI=1S/C15H13BrClN3O/c1-21-13-5-3-2-4-10(13)9-20-14(7-17)19-12-6-11(16)8-18-15(12)20/h2-6,8H,7,9H2,1H3. The predicted octanol–water partition coefficient (Wildman–Crippen LogP) is 3.99. The van der Waals surface area contributed by atoms with Gasteiger partial charge in [0.1, 0.15) is 17.1 Å². The molecule has 0 aliphatic carbocycles. The van der Waals surface area contributed by atoms with Gasteiger partial charge in [-0.1, -0.05) is 18.2 Å². The average Bonchev–Trinajstić information content (AvgIpc) is 2.84. The minimum Gasteiger partial charge on any atom is -0.496 e. The van der Waals surface area contributed by atoms with Crippen LogP contribution in [0.3, 0.4) is 0 Å². The lowest BCUT2D eigenvalue weighted by Gasteiger charge is -2.11. The van der Waals surface area contributed by atoms with Crippen LogP contribution in [0.1, 0.15) is 11.4 Å². The topological polar surface area (TPSA) is 39.9 Å².